The third kappa shape index (κ3) is 3.06. The maximum Gasteiger partial charge on any atom is 0.0226 e. The lowest BCUT2D eigenvalue weighted by Gasteiger charge is -2.27. The highest BCUT2D eigenvalue weighted by molar-refractivity contribution is 5.85. The normalized spacial score (nSPS) is 36.4. The number of nitrogens with zero attached hydrogens (tertiary/aromatic N) is 1. The van der Waals surface area contributed by atoms with Crippen molar-refractivity contribution in [3.8, 4) is 0 Å². The van der Waals surface area contributed by atoms with Crippen LogP contribution in [0.25, 0.3) is 0 Å². The zero-order valence-electron chi connectivity index (χ0n) is 9.78. The van der Waals surface area contributed by atoms with Gasteiger partial charge >= 0.3 is 0 Å². The molecule has 15 heavy (non-hydrogen) atoms. The van der Waals surface area contributed by atoms with E-state index in [0.29, 0.717) is 6.04 Å². The van der Waals surface area contributed by atoms with Crippen LogP contribution in [-0.4, -0.2) is 36.1 Å². The molecule has 2 aliphatic rings. The van der Waals surface area contributed by atoms with Crippen molar-refractivity contribution in [3.05, 3.63) is 0 Å². The Bertz CT molecular complexity index is 214. The van der Waals surface area contributed by atoms with Gasteiger partial charge < -0.3 is 16.4 Å². The van der Waals surface area contributed by atoms with Gasteiger partial charge in [0.15, 0.2) is 0 Å². The fourth-order valence-corrected chi connectivity index (χ4v) is 3.11. The summed E-state index contributed by atoms with van der Waals surface area (Å²) in [7, 11) is 0. The summed E-state index contributed by atoms with van der Waals surface area (Å²) in [4.78, 5) is 2.49. The van der Waals surface area contributed by atoms with Gasteiger partial charge in [0, 0.05) is 31.2 Å². The number of likely N-dealkylation sites (tertiary alicyclic amines) is 1. The molecule has 0 amide bonds. The van der Waals surface area contributed by atoms with Crippen LogP contribution in [0.2, 0.25) is 0 Å². The van der Waals surface area contributed by atoms with Gasteiger partial charge in [0.1, 0.15) is 0 Å². The van der Waals surface area contributed by atoms with Crippen molar-refractivity contribution < 1.29 is 0 Å². The van der Waals surface area contributed by atoms with Crippen molar-refractivity contribution in [1.82, 2.24) is 4.90 Å². The van der Waals surface area contributed by atoms with Gasteiger partial charge in [-0.15, -0.1) is 12.4 Å². The van der Waals surface area contributed by atoms with Crippen molar-refractivity contribution >= 4 is 12.4 Å². The molecule has 2 fully saturated rings. The Hall–Kier alpha value is 0.170. The smallest absolute Gasteiger partial charge is 0.0226 e. The second-order valence-corrected chi connectivity index (χ2v) is 5.85. The van der Waals surface area contributed by atoms with E-state index in [0.717, 1.165) is 18.4 Å². The second-order valence-electron chi connectivity index (χ2n) is 5.85. The first-order valence-electron chi connectivity index (χ1n) is 5.72. The molecule has 0 aromatic carbocycles. The predicted octanol–water partition coefficient (Wildman–Crippen LogP) is 0.815. The Morgan fingerprint density at radius 2 is 1.93 bits per heavy atom. The number of hydrogen-bond acceptors (Lipinski definition) is 3. The van der Waals surface area contributed by atoms with E-state index < -0.39 is 0 Å². The van der Waals surface area contributed by atoms with Crippen LogP contribution in [0.15, 0.2) is 0 Å². The number of halogens is 1. The summed E-state index contributed by atoms with van der Waals surface area (Å²) >= 11 is 0. The summed E-state index contributed by atoms with van der Waals surface area (Å²) < 4.78 is 0. The van der Waals surface area contributed by atoms with Crippen LogP contribution >= 0.6 is 12.4 Å². The van der Waals surface area contributed by atoms with E-state index in [-0.39, 0.29) is 17.9 Å². The molecule has 0 radical (unpaired) electrons. The van der Waals surface area contributed by atoms with E-state index in [1.807, 2.05) is 0 Å². The van der Waals surface area contributed by atoms with Gasteiger partial charge in [-0.05, 0) is 38.5 Å². The van der Waals surface area contributed by atoms with Crippen molar-refractivity contribution in [2.24, 2.45) is 23.3 Å². The maximum absolute atomic E-state index is 6.09. The van der Waals surface area contributed by atoms with Crippen molar-refractivity contribution in [2.45, 2.75) is 38.3 Å². The van der Waals surface area contributed by atoms with Gasteiger partial charge in [0.05, 0.1) is 0 Å². The first-order valence-corrected chi connectivity index (χ1v) is 5.72. The lowest BCUT2D eigenvalue weighted by molar-refractivity contribution is 0.250. The Kier molecular flexibility index (Phi) is 4.04. The van der Waals surface area contributed by atoms with Crippen molar-refractivity contribution in [3.63, 3.8) is 0 Å². The standard InChI is InChI=1S/C11H23N3.ClH/c1-11(2,13)7-14-5-8-3-4-10(12)9(8)6-14;/h8-10H,3-7,12-13H2,1-2H3;1H/t8-,9+,10?;/m0./s1. The number of hydrogen-bond donors (Lipinski definition) is 2. The quantitative estimate of drug-likeness (QED) is 0.743. The van der Waals surface area contributed by atoms with Crippen molar-refractivity contribution in [2.75, 3.05) is 19.6 Å². The number of nitrogens with two attached hydrogens (primary N) is 2. The van der Waals surface area contributed by atoms with Gasteiger partial charge in [0.2, 0.25) is 0 Å². The molecule has 1 aliphatic heterocycles. The molecule has 0 bridgehead atoms. The average Bonchev–Trinajstić information content (AvgIpc) is 2.51. The molecule has 3 nitrogen and oxygen atoms in total. The first kappa shape index (κ1) is 13.2. The van der Waals surface area contributed by atoms with Gasteiger partial charge in [-0.25, -0.2) is 0 Å². The maximum atomic E-state index is 6.09. The van der Waals surface area contributed by atoms with E-state index in [2.05, 4.69) is 18.7 Å². The SMILES string of the molecule is CC(C)(N)CN1C[C@@H]2CCC(N)[C@@H]2C1.Cl. The minimum Gasteiger partial charge on any atom is -0.327 e. The van der Waals surface area contributed by atoms with Crippen LogP contribution in [0, 0.1) is 11.8 Å². The van der Waals surface area contributed by atoms with E-state index >= 15 is 0 Å². The van der Waals surface area contributed by atoms with Crippen LogP contribution in [0.5, 0.6) is 0 Å². The van der Waals surface area contributed by atoms with E-state index in [1.165, 1.54) is 25.9 Å². The van der Waals surface area contributed by atoms with Gasteiger partial charge in [-0.2, -0.15) is 0 Å². The van der Waals surface area contributed by atoms with Crippen LogP contribution in [0.1, 0.15) is 26.7 Å². The van der Waals surface area contributed by atoms with Crippen LogP contribution < -0.4 is 11.5 Å². The summed E-state index contributed by atoms with van der Waals surface area (Å²) in [6.45, 7) is 7.60. The zero-order chi connectivity index (χ0) is 10.3. The summed E-state index contributed by atoms with van der Waals surface area (Å²) in [6, 6.07) is 0.450. The minimum atomic E-state index is -0.0667. The number of fused-ring (bicyclic) bond motifs is 1. The van der Waals surface area contributed by atoms with E-state index in [1.54, 1.807) is 0 Å². The molecule has 0 aromatic heterocycles. The Morgan fingerprint density at radius 3 is 2.47 bits per heavy atom. The van der Waals surface area contributed by atoms with E-state index in [4.69, 9.17) is 11.5 Å². The van der Waals surface area contributed by atoms with Crippen LogP contribution in [0.3, 0.4) is 0 Å². The lowest BCUT2D eigenvalue weighted by atomic mass is 9.98. The zero-order valence-corrected chi connectivity index (χ0v) is 10.6. The summed E-state index contributed by atoms with van der Waals surface area (Å²) in [5, 5.41) is 0. The molecule has 1 saturated heterocycles. The molecule has 90 valence electrons. The molecule has 2 rings (SSSR count). The Balaban J connectivity index is 0.00000112. The Morgan fingerprint density at radius 1 is 1.27 bits per heavy atom. The molecule has 4 heteroatoms. The molecule has 1 unspecified atom stereocenters. The fraction of sp³-hybridized carbons (Fsp3) is 1.00. The summed E-state index contributed by atoms with van der Waals surface area (Å²) in [5.74, 6) is 1.60. The summed E-state index contributed by atoms with van der Waals surface area (Å²) in [5.41, 5.74) is 12.0. The van der Waals surface area contributed by atoms with Crippen LogP contribution in [-0.2, 0) is 0 Å². The highest BCUT2D eigenvalue weighted by Gasteiger charge is 2.41. The third-order valence-corrected chi connectivity index (χ3v) is 3.62. The molecule has 0 spiro atoms. The lowest BCUT2D eigenvalue weighted by Crippen LogP contribution is -2.45. The minimum absolute atomic E-state index is 0. The molecular weight excluding hydrogens is 210 g/mol. The monoisotopic (exact) mass is 233 g/mol. The molecule has 1 saturated carbocycles. The molecule has 4 N–H and O–H groups in total. The van der Waals surface area contributed by atoms with Gasteiger partial charge in [-0.3, -0.25) is 0 Å². The predicted molar refractivity (Wildman–Crippen MR) is 66.1 cm³/mol. The van der Waals surface area contributed by atoms with Crippen molar-refractivity contribution in [1.29, 1.82) is 0 Å². The highest BCUT2D eigenvalue weighted by Crippen LogP contribution is 2.37. The third-order valence-electron chi connectivity index (χ3n) is 3.62. The first-order chi connectivity index (χ1) is 6.46. The van der Waals surface area contributed by atoms with Gasteiger partial charge in [0.25, 0.3) is 0 Å². The molecule has 3 atom stereocenters. The molecular formula is C11H24ClN3. The fourth-order valence-electron chi connectivity index (χ4n) is 3.11. The van der Waals surface area contributed by atoms with E-state index in [9.17, 15) is 0 Å². The topological polar surface area (TPSA) is 55.3 Å². The largest absolute Gasteiger partial charge is 0.327 e. The second kappa shape index (κ2) is 4.58. The molecule has 1 heterocycles. The Labute approximate surface area is 99.0 Å². The molecule has 0 aromatic rings. The van der Waals surface area contributed by atoms with Gasteiger partial charge in [-0.1, -0.05) is 0 Å². The number of rotatable bonds is 2. The highest BCUT2D eigenvalue weighted by atomic mass is 35.5. The molecule has 1 aliphatic carbocycles. The average molecular weight is 234 g/mol. The summed E-state index contributed by atoms with van der Waals surface area (Å²) in [6.07, 6.45) is 2.56. The van der Waals surface area contributed by atoms with Crippen LogP contribution in [0.4, 0.5) is 0 Å².